The van der Waals surface area contributed by atoms with Gasteiger partial charge in [-0.1, -0.05) is 47.7 Å². The molecular weight excluding hydrogens is 444 g/mol. The molecule has 0 fully saturated rings. The summed E-state index contributed by atoms with van der Waals surface area (Å²) in [5.41, 5.74) is 6.53. The summed E-state index contributed by atoms with van der Waals surface area (Å²) in [6.45, 7) is 6.38. The molecule has 0 atom stereocenters. The minimum absolute atomic E-state index is 0.751. The van der Waals surface area contributed by atoms with Crippen molar-refractivity contribution in [3.05, 3.63) is 94.2 Å². The fraction of sp³-hybridized carbons (Fsp3) is 0.143. The first-order valence-corrected chi connectivity index (χ1v) is 12.8. The molecule has 33 heavy (non-hydrogen) atoms. The van der Waals surface area contributed by atoms with Crippen LogP contribution in [0, 0.1) is 20.8 Å². The molecule has 0 aliphatic carbocycles. The van der Waals surface area contributed by atoms with Crippen molar-refractivity contribution >= 4 is 39.2 Å². The van der Waals surface area contributed by atoms with Crippen LogP contribution in [0.3, 0.4) is 0 Å². The van der Waals surface area contributed by atoms with E-state index in [1.165, 1.54) is 16.0 Å². The third kappa shape index (κ3) is 4.39. The summed E-state index contributed by atoms with van der Waals surface area (Å²) in [4.78, 5) is 12.3. The largest absolute Gasteiger partial charge is 0.456 e. The lowest BCUT2D eigenvalue weighted by atomic mass is 10.0. The zero-order valence-electron chi connectivity index (χ0n) is 19.0. The predicted molar refractivity (Wildman–Crippen MR) is 140 cm³/mol. The van der Waals surface area contributed by atoms with Crippen molar-refractivity contribution in [2.24, 2.45) is 4.99 Å². The van der Waals surface area contributed by atoms with Crippen molar-refractivity contribution in [1.29, 1.82) is 0 Å². The number of rotatable bonds is 4. The molecule has 5 rings (SSSR count). The molecule has 0 amide bonds. The maximum absolute atomic E-state index is 6.24. The standard InChI is InChI=1S/C28H24N2OS2/c1-17-9-10-21(15-18(17)2)27-19(3)33-28(30-27)29-24-16-26(20-11-13-22(32-4)14-12-20)31-25-8-6-5-7-23(24)25/h5-16H,1-4H3. The van der Waals surface area contributed by atoms with E-state index < -0.39 is 0 Å². The molecule has 0 aliphatic heterocycles. The number of hydrogen-bond acceptors (Lipinski definition) is 5. The fourth-order valence-corrected chi connectivity index (χ4v) is 5.02. The van der Waals surface area contributed by atoms with E-state index in [2.05, 4.69) is 69.5 Å². The van der Waals surface area contributed by atoms with Crippen molar-refractivity contribution in [2.45, 2.75) is 25.7 Å². The van der Waals surface area contributed by atoms with Gasteiger partial charge in [-0.25, -0.2) is 9.98 Å². The Morgan fingerprint density at radius 3 is 2.36 bits per heavy atom. The Morgan fingerprint density at radius 2 is 1.61 bits per heavy atom. The Bertz CT molecular complexity index is 1530. The molecule has 2 heterocycles. The quantitative estimate of drug-likeness (QED) is 0.250. The van der Waals surface area contributed by atoms with Crippen molar-refractivity contribution < 1.29 is 4.42 Å². The molecule has 0 radical (unpaired) electrons. The minimum atomic E-state index is 0.751. The highest BCUT2D eigenvalue weighted by molar-refractivity contribution is 7.98. The highest BCUT2D eigenvalue weighted by Crippen LogP contribution is 2.33. The highest BCUT2D eigenvalue weighted by atomic mass is 32.2. The predicted octanol–water partition coefficient (Wildman–Crippen LogP) is 8.10. The summed E-state index contributed by atoms with van der Waals surface area (Å²) in [6.07, 6.45) is 2.08. The zero-order chi connectivity index (χ0) is 22.9. The van der Waals surface area contributed by atoms with Crippen LogP contribution in [-0.4, -0.2) is 11.2 Å². The first-order chi connectivity index (χ1) is 16.0. The second kappa shape index (κ2) is 9.00. The SMILES string of the molecule is CSc1ccc(-c2cc(=Nc3nc(-c4ccc(C)c(C)c4)c(C)s3)c3ccccc3o2)cc1. The summed E-state index contributed by atoms with van der Waals surface area (Å²) >= 11 is 3.35. The van der Waals surface area contributed by atoms with E-state index in [-0.39, 0.29) is 0 Å². The van der Waals surface area contributed by atoms with Crippen LogP contribution in [0.4, 0.5) is 5.13 Å². The molecule has 3 nitrogen and oxygen atoms in total. The van der Waals surface area contributed by atoms with Gasteiger partial charge in [-0.05, 0) is 68.5 Å². The lowest BCUT2D eigenvalue weighted by Crippen LogP contribution is -2.02. The highest BCUT2D eigenvalue weighted by Gasteiger charge is 2.12. The van der Waals surface area contributed by atoms with Gasteiger partial charge in [-0.15, -0.1) is 11.8 Å². The lowest BCUT2D eigenvalue weighted by Gasteiger charge is -2.05. The van der Waals surface area contributed by atoms with E-state index in [1.807, 2.05) is 30.3 Å². The number of thioether (sulfide) groups is 1. The summed E-state index contributed by atoms with van der Waals surface area (Å²) < 4.78 is 6.24. The van der Waals surface area contributed by atoms with Gasteiger partial charge in [0, 0.05) is 32.4 Å². The number of para-hydroxylation sites is 1. The van der Waals surface area contributed by atoms with Crippen LogP contribution < -0.4 is 5.36 Å². The molecule has 0 N–H and O–H groups in total. The number of benzene rings is 3. The second-order valence-corrected chi connectivity index (χ2v) is 10.1. The van der Waals surface area contributed by atoms with Gasteiger partial charge in [-0.3, -0.25) is 0 Å². The fourth-order valence-electron chi connectivity index (χ4n) is 3.80. The molecule has 164 valence electrons. The van der Waals surface area contributed by atoms with Crippen molar-refractivity contribution in [3.63, 3.8) is 0 Å². The number of aromatic nitrogens is 1. The molecule has 2 aromatic heterocycles. The first-order valence-electron chi connectivity index (χ1n) is 10.8. The molecule has 0 aliphatic rings. The molecule has 0 bridgehead atoms. The number of hydrogen-bond donors (Lipinski definition) is 0. The Balaban J connectivity index is 1.64. The van der Waals surface area contributed by atoms with Gasteiger partial charge < -0.3 is 4.42 Å². The normalized spacial score (nSPS) is 11.9. The molecular formula is C28H24N2OS2. The number of thiazole rings is 1. The summed E-state index contributed by atoms with van der Waals surface area (Å²) in [5, 5.41) is 2.59. The van der Waals surface area contributed by atoms with Crippen LogP contribution in [0.25, 0.3) is 33.6 Å². The van der Waals surface area contributed by atoms with Gasteiger partial charge in [0.2, 0.25) is 5.13 Å². The van der Waals surface area contributed by atoms with Crippen LogP contribution in [-0.2, 0) is 0 Å². The van der Waals surface area contributed by atoms with Crippen LogP contribution in [0.5, 0.6) is 0 Å². The third-order valence-electron chi connectivity index (χ3n) is 5.81. The van der Waals surface area contributed by atoms with Gasteiger partial charge in [0.15, 0.2) is 0 Å². The minimum Gasteiger partial charge on any atom is -0.456 e. The monoisotopic (exact) mass is 468 g/mol. The van der Waals surface area contributed by atoms with Crippen LogP contribution in [0.15, 0.2) is 87.1 Å². The van der Waals surface area contributed by atoms with E-state index in [9.17, 15) is 0 Å². The number of fused-ring (bicyclic) bond motifs is 1. The van der Waals surface area contributed by atoms with E-state index in [0.29, 0.717) is 0 Å². The maximum Gasteiger partial charge on any atom is 0.210 e. The van der Waals surface area contributed by atoms with E-state index in [4.69, 9.17) is 14.4 Å². The summed E-state index contributed by atoms with van der Waals surface area (Å²) in [6, 6.07) is 25.0. The second-order valence-electron chi connectivity index (χ2n) is 8.03. The van der Waals surface area contributed by atoms with E-state index in [1.54, 1.807) is 23.1 Å². The van der Waals surface area contributed by atoms with Crippen LogP contribution in [0.1, 0.15) is 16.0 Å². The maximum atomic E-state index is 6.24. The molecule has 0 saturated heterocycles. The van der Waals surface area contributed by atoms with Gasteiger partial charge in [-0.2, -0.15) is 0 Å². The number of nitrogens with zero attached hydrogens (tertiary/aromatic N) is 2. The first kappa shape index (κ1) is 21.7. The lowest BCUT2D eigenvalue weighted by molar-refractivity contribution is 0.618. The van der Waals surface area contributed by atoms with Gasteiger partial charge in [0.1, 0.15) is 11.3 Å². The average Bonchev–Trinajstić information content (AvgIpc) is 3.20. The van der Waals surface area contributed by atoms with Gasteiger partial charge >= 0.3 is 0 Å². The average molecular weight is 469 g/mol. The zero-order valence-corrected chi connectivity index (χ0v) is 20.7. The molecule has 5 heteroatoms. The Kier molecular flexibility index (Phi) is 5.92. The van der Waals surface area contributed by atoms with Crippen LogP contribution in [0.2, 0.25) is 0 Å². The Hall–Kier alpha value is -3.15. The van der Waals surface area contributed by atoms with Crippen molar-refractivity contribution in [1.82, 2.24) is 4.98 Å². The molecule has 0 saturated carbocycles. The molecule has 0 unspecified atom stereocenters. The molecule has 3 aromatic carbocycles. The third-order valence-corrected chi connectivity index (χ3v) is 7.42. The Morgan fingerprint density at radius 1 is 0.848 bits per heavy atom. The Labute approximate surface area is 201 Å². The van der Waals surface area contributed by atoms with Gasteiger partial charge in [0.25, 0.3) is 0 Å². The topological polar surface area (TPSA) is 38.4 Å². The van der Waals surface area contributed by atoms with E-state index >= 15 is 0 Å². The number of aryl methyl sites for hydroxylation is 3. The van der Waals surface area contributed by atoms with Crippen LogP contribution >= 0.6 is 23.1 Å². The smallest absolute Gasteiger partial charge is 0.210 e. The van der Waals surface area contributed by atoms with Crippen molar-refractivity contribution in [3.8, 4) is 22.6 Å². The molecule has 5 aromatic rings. The summed E-state index contributed by atoms with van der Waals surface area (Å²) in [5.74, 6) is 0.794. The van der Waals surface area contributed by atoms with E-state index in [0.717, 1.165) is 48.9 Å². The van der Waals surface area contributed by atoms with Crippen molar-refractivity contribution in [2.75, 3.05) is 6.26 Å². The van der Waals surface area contributed by atoms with Gasteiger partial charge in [0.05, 0.1) is 11.1 Å². The molecule has 0 spiro atoms. The summed E-state index contributed by atoms with van der Waals surface area (Å²) in [7, 11) is 0.